The molecule has 4 heterocycles. The number of anilines is 1. The van der Waals surface area contributed by atoms with E-state index in [0.29, 0.717) is 17.3 Å². The average molecular weight is 390 g/mol. The van der Waals surface area contributed by atoms with Crippen LogP contribution in [0, 0.1) is 0 Å². The van der Waals surface area contributed by atoms with Crippen LogP contribution >= 0.6 is 0 Å². The second kappa shape index (κ2) is 7.21. The van der Waals surface area contributed by atoms with Crippen molar-refractivity contribution in [3.05, 3.63) is 54.8 Å². The SMILES string of the molecule is CN1CCC(n2cc(NC(=O)c3cc4cc(-c5cn[nH]c5)ccc4o3)cn2)CC1. The zero-order valence-electron chi connectivity index (χ0n) is 16.1. The number of aromatic nitrogens is 4. The fourth-order valence-corrected chi connectivity index (χ4v) is 3.80. The van der Waals surface area contributed by atoms with E-state index in [2.05, 4.69) is 32.6 Å². The van der Waals surface area contributed by atoms with Crippen LogP contribution in [-0.4, -0.2) is 50.9 Å². The summed E-state index contributed by atoms with van der Waals surface area (Å²) in [4.78, 5) is 15.0. The third-order valence-electron chi connectivity index (χ3n) is 5.49. The number of H-pyrrole nitrogens is 1. The quantitative estimate of drug-likeness (QED) is 0.556. The summed E-state index contributed by atoms with van der Waals surface area (Å²) in [5.41, 5.74) is 3.34. The molecule has 2 N–H and O–H groups in total. The van der Waals surface area contributed by atoms with Crippen LogP contribution in [0.5, 0.6) is 0 Å². The van der Waals surface area contributed by atoms with Gasteiger partial charge in [-0.2, -0.15) is 10.2 Å². The highest BCUT2D eigenvalue weighted by Crippen LogP contribution is 2.27. The summed E-state index contributed by atoms with van der Waals surface area (Å²) in [6.45, 7) is 2.12. The number of fused-ring (bicyclic) bond motifs is 1. The molecule has 1 aliphatic heterocycles. The van der Waals surface area contributed by atoms with Gasteiger partial charge in [0.25, 0.3) is 5.91 Å². The number of carbonyl (C=O) groups is 1. The first-order chi connectivity index (χ1) is 14.2. The second-order valence-corrected chi connectivity index (χ2v) is 7.55. The fraction of sp³-hybridized carbons (Fsp3) is 0.286. The lowest BCUT2D eigenvalue weighted by atomic mass is 10.1. The molecule has 0 spiro atoms. The predicted molar refractivity (Wildman–Crippen MR) is 110 cm³/mol. The van der Waals surface area contributed by atoms with Crippen LogP contribution in [0.3, 0.4) is 0 Å². The molecule has 1 amide bonds. The van der Waals surface area contributed by atoms with Crippen LogP contribution in [0.4, 0.5) is 5.69 Å². The molecule has 1 aliphatic rings. The third-order valence-corrected chi connectivity index (χ3v) is 5.49. The van der Waals surface area contributed by atoms with Gasteiger partial charge in [-0.15, -0.1) is 0 Å². The summed E-state index contributed by atoms with van der Waals surface area (Å²) in [5.74, 6) is -0.00891. The Morgan fingerprint density at radius 2 is 2.07 bits per heavy atom. The van der Waals surface area contributed by atoms with E-state index < -0.39 is 0 Å². The molecule has 8 heteroatoms. The highest BCUT2D eigenvalue weighted by molar-refractivity contribution is 6.04. The lowest BCUT2D eigenvalue weighted by molar-refractivity contribution is 0.0998. The number of hydrogen-bond acceptors (Lipinski definition) is 5. The van der Waals surface area contributed by atoms with Gasteiger partial charge in [0.15, 0.2) is 5.76 Å². The molecule has 3 aromatic heterocycles. The number of aromatic amines is 1. The molecule has 8 nitrogen and oxygen atoms in total. The maximum atomic E-state index is 12.7. The molecule has 29 heavy (non-hydrogen) atoms. The summed E-state index contributed by atoms with van der Waals surface area (Å²) < 4.78 is 7.70. The molecule has 0 unspecified atom stereocenters. The van der Waals surface area contributed by atoms with E-state index in [1.165, 1.54) is 0 Å². The Labute approximate surface area is 167 Å². The maximum absolute atomic E-state index is 12.7. The summed E-state index contributed by atoms with van der Waals surface area (Å²) >= 11 is 0. The van der Waals surface area contributed by atoms with E-state index in [9.17, 15) is 4.79 Å². The number of benzene rings is 1. The Kier molecular flexibility index (Phi) is 4.40. The normalized spacial score (nSPS) is 15.8. The van der Waals surface area contributed by atoms with Crippen molar-refractivity contribution in [3.8, 4) is 11.1 Å². The summed E-state index contributed by atoms with van der Waals surface area (Å²) in [7, 11) is 2.14. The zero-order valence-corrected chi connectivity index (χ0v) is 16.1. The summed E-state index contributed by atoms with van der Waals surface area (Å²) in [6.07, 6.45) is 9.31. The number of likely N-dealkylation sites (tertiary alicyclic amines) is 1. The number of rotatable bonds is 4. The van der Waals surface area contributed by atoms with Crippen molar-refractivity contribution in [2.24, 2.45) is 0 Å². The molecule has 148 valence electrons. The van der Waals surface area contributed by atoms with Crippen molar-refractivity contribution in [3.63, 3.8) is 0 Å². The minimum atomic E-state index is -0.283. The molecule has 0 aliphatic carbocycles. The van der Waals surface area contributed by atoms with Crippen LogP contribution in [0.25, 0.3) is 22.1 Å². The molecule has 0 bridgehead atoms. The lowest BCUT2D eigenvalue weighted by Gasteiger charge is -2.28. The molecule has 4 aromatic rings. The smallest absolute Gasteiger partial charge is 0.291 e. The Morgan fingerprint density at radius 1 is 1.21 bits per heavy atom. The first kappa shape index (κ1) is 17.7. The van der Waals surface area contributed by atoms with Crippen LogP contribution in [-0.2, 0) is 0 Å². The molecule has 0 radical (unpaired) electrons. The Balaban J connectivity index is 1.31. The number of hydrogen-bond donors (Lipinski definition) is 2. The predicted octanol–water partition coefficient (Wildman–Crippen LogP) is 3.54. The number of carbonyl (C=O) groups excluding carboxylic acids is 1. The number of piperidine rings is 1. The van der Waals surface area contributed by atoms with E-state index in [-0.39, 0.29) is 11.7 Å². The van der Waals surface area contributed by atoms with Gasteiger partial charge < -0.3 is 14.6 Å². The maximum Gasteiger partial charge on any atom is 0.291 e. The summed E-state index contributed by atoms with van der Waals surface area (Å²) in [5, 5.41) is 15.0. The zero-order chi connectivity index (χ0) is 19.8. The van der Waals surface area contributed by atoms with Crippen LogP contribution < -0.4 is 5.32 Å². The first-order valence-electron chi connectivity index (χ1n) is 9.72. The average Bonchev–Trinajstić information content (AvgIpc) is 3.48. The largest absolute Gasteiger partial charge is 0.451 e. The molecule has 5 rings (SSSR count). The standard InChI is InChI=1S/C21H22N6O2/c1-26-6-4-18(5-7-26)27-13-17(12-24-27)25-21(28)20-9-15-8-14(2-3-19(15)29-20)16-10-22-23-11-16/h2-3,8-13,18H,4-7H2,1H3,(H,22,23)(H,25,28). The Hall–Kier alpha value is -3.39. The van der Waals surface area contributed by atoms with Crippen molar-refractivity contribution < 1.29 is 9.21 Å². The van der Waals surface area contributed by atoms with E-state index >= 15 is 0 Å². The van der Waals surface area contributed by atoms with Crippen molar-refractivity contribution in [1.82, 2.24) is 24.9 Å². The van der Waals surface area contributed by atoms with Gasteiger partial charge in [-0.1, -0.05) is 6.07 Å². The molecule has 0 atom stereocenters. The van der Waals surface area contributed by atoms with Gasteiger partial charge in [0.05, 0.1) is 24.1 Å². The van der Waals surface area contributed by atoms with Crippen LogP contribution in [0.1, 0.15) is 29.4 Å². The Morgan fingerprint density at radius 3 is 2.86 bits per heavy atom. The van der Waals surface area contributed by atoms with Gasteiger partial charge in [-0.05, 0) is 56.7 Å². The molecule has 0 saturated carbocycles. The van der Waals surface area contributed by atoms with Crippen molar-refractivity contribution in [1.29, 1.82) is 0 Å². The molecule has 1 aromatic carbocycles. The van der Waals surface area contributed by atoms with Gasteiger partial charge in [-0.25, -0.2) is 0 Å². The number of nitrogens with one attached hydrogen (secondary N) is 2. The van der Waals surface area contributed by atoms with Crippen molar-refractivity contribution in [2.75, 3.05) is 25.5 Å². The second-order valence-electron chi connectivity index (χ2n) is 7.55. The van der Waals surface area contributed by atoms with Crippen molar-refractivity contribution >= 4 is 22.6 Å². The highest BCUT2D eigenvalue weighted by Gasteiger charge is 2.20. The molecule has 1 saturated heterocycles. The highest BCUT2D eigenvalue weighted by atomic mass is 16.3. The minimum Gasteiger partial charge on any atom is -0.451 e. The fourth-order valence-electron chi connectivity index (χ4n) is 3.80. The van der Waals surface area contributed by atoms with Crippen LogP contribution in [0.15, 0.2) is 53.5 Å². The monoisotopic (exact) mass is 390 g/mol. The molecular formula is C21H22N6O2. The molecule has 1 fully saturated rings. The van der Waals surface area contributed by atoms with E-state index in [4.69, 9.17) is 4.42 Å². The van der Waals surface area contributed by atoms with E-state index in [1.807, 2.05) is 35.3 Å². The lowest BCUT2D eigenvalue weighted by Crippen LogP contribution is -2.31. The number of amides is 1. The van der Waals surface area contributed by atoms with E-state index in [0.717, 1.165) is 42.4 Å². The van der Waals surface area contributed by atoms with Gasteiger partial charge >= 0.3 is 0 Å². The van der Waals surface area contributed by atoms with Crippen LogP contribution in [0.2, 0.25) is 0 Å². The van der Waals surface area contributed by atoms with Crippen molar-refractivity contribution in [2.45, 2.75) is 18.9 Å². The van der Waals surface area contributed by atoms with Gasteiger partial charge in [0.2, 0.25) is 0 Å². The number of nitrogens with zero attached hydrogens (tertiary/aromatic N) is 4. The van der Waals surface area contributed by atoms with E-state index in [1.54, 1.807) is 18.5 Å². The number of furan rings is 1. The molecular weight excluding hydrogens is 368 g/mol. The Bertz CT molecular complexity index is 1140. The van der Waals surface area contributed by atoms with Gasteiger partial charge in [0.1, 0.15) is 5.58 Å². The third kappa shape index (κ3) is 3.54. The first-order valence-corrected chi connectivity index (χ1v) is 9.72. The minimum absolute atomic E-state index is 0.274. The van der Waals surface area contributed by atoms with Gasteiger partial charge in [-0.3, -0.25) is 14.6 Å². The topological polar surface area (TPSA) is 92.0 Å². The van der Waals surface area contributed by atoms with Gasteiger partial charge in [0, 0.05) is 23.3 Å². The summed E-state index contributed by atoms with van der Waals surface area (Å²) in [6, 6.07) is 7.94.